The summed E-state index contributed by atoms with van der Waals surface area (Å²) in [6.45, 7) is 4.81. The third-order valence-corrected chi connectivity index (χ3v) is 3.90. The minimum absolute atomic E-state index is 0.0200. The molecule has 6 heteroatoms. The van der Waals surface area contributed by atoms with Gasteiger partial charge in [0.05, 0.1) is 25.5 Å². The quantitative estimate of drug-likeness (QED) is 0.916. The third kappa shape index (κ3) is 3.60. The molecule has 0 saturated carbocycles. The van der Waals surface area contributed by atoms with Crippen molar-refractivity contribution < 1.29 is 14.3 Å². The van der Waals surface area contributed by atoms with Gasteiger partial charge in [-0.2, -0.15) is 5.10 Å². The van der Waals surface area contributed by atoms with Crippen LogP contribution in [0.2, 0.25) is 0 Å². The van der Waals surface area contributed by atoms with Crippen LogP contribution in [0, 0.1) is 0 Å². The summed E-state index contributed by atoms with van der Waals surface area (Å²) in [4.78, 5) is 14.8. The SMILES string of the molecule is CCOCC1CN(C(=O)c2ccccc2-c2cn[nH]c2)CCO1. The van der Waals surface area contributed by atoms with Crippen molar-refractivity contribution in [2.75, 3.05) is 32.9 Å². The number of aromatic nitrogens is 2. The smallest absolute Gasteiger partial charge is 0.254 e. The number of nitrogens with zero attached hydrogens (tertiary/aromatic N) is 2. The first-order valence-corrected chi connectivity index (χ1v) is 7.86. The van der Waals surface area contributed by atoms with Gasteiger partial charge < -0.3 is 14.4 Å². The Morgan fingerprint density at radius 2 is 2.35 bits per heavy atom. The zero-order chi connectivity index (χ0) is 16.1. The van der Waals surface area contributed by atoms with E-state index in [1.807, 2.05) is 36.1 Å². The molecule has 1 unspecified atom stereocenters. The van der Waals surface area contributed by atoms with E-state index in [1.165, 1.54) is 0 Å². The highest BCUT2D eigenvalue weighted by molar-refractivity contribution is 6.00. The van der Waals surface area contributed by atoms with Crippen molar-refractivity contribution in [1.29, 1.82) is 0 Å². The summed E-state index contributed by atoms with van der Waals surface area (Å²) in [5, 5.41) is 6.76. The van der Waals surface area contributed by atoms with Crippen molar-refractivity contribution in [2.45, 2.75) is 13.0 Å². The van der Waals surface area contributed by atoms with E-state index in [4.69, 9.17) is 9.47 Å². The highest BCUT2D eigenvalue weighted by atomic mass is 16.5. The average Bonchev–Trinajstić information content (AvgIpc) is 3.14. The highest BCUT2D eigenvalue weighted by Gasteiger charge is 2.26. The van der Waals surface area contributed by atoms with Crippen LogP contribution in [0.15, 0.2) is 36.7 Å². The van der Waals surface area contributed by atoms with Crippen molar-refractivity contribution in [3.05, 3.63) is 42.2 Å². The van der Waals surface area contributed by atoms with Crippen molar-refractivity contribution in [3.63, 3.8) is 0 Å². The predicted molar refractivity (Wildman–Crippen MR) is 86.2 cm³/mol. The van der Waals surface area contributed by atoms with E-state index in [2.05, 4.69) is 10.2 Å². The molecule has 0 radical (unpaired) electrons. The number of hydrogen-bond acceptors (Lipinski definition) is 4. The molecule has 1 fully saturated rings. The number of carbonyl (C=O) groups is 1. The van der Waals surface area contributed by atoms with Crippen LogP contribution in [-0.4, -0.2) is 60.0 Å². The normalized spacial score (nSPS) is 18.1. The van der Waals surface area contributed by atoms with Gasteiger partial charge in [0.1, 0.15) is 0 Å². The summed E-state index contributed by atoms with van der Waals surface area (Å²) in [5.41, 5.74) is 2.48. The predicted octanol–water partition coefficient (Wildman–Crippen LogP) is 1.95. The van der Waals surface area contributed by atoms with Crippen molar-refractivity contribution in [3.8, 4) is 11.1 Å². The molecule has 1 saturated heterocycles. The molecule has 2 heterocycles. The van der Waals surface area contributed by atoms with Crippen LogP contribution >= 0.6 is 0 Å². The molecule has 1 amide bonds. The Labute approximate surface area is 135 Å². The second kappa shape index (κ2) is 7.39. The summed E-state index contributed by atoms with van der Waals surface area (Å²) in [5.74, 6) is 0.0200. The van der Waals surface area contributed by atoms with Gasteiger partial charge in [0.2, 0.25) is 0 Å². The van der Waals surface area contributed by atoms with Crippen molar-refractivity contribution in [2.24, 2.45) is 0 Å². The fourth-order valence-electron chi connectivity index (χ4n) is 2.74. The molecule has 0 spiro atoms. The van der Waals surface area contributed by atoms with Gasteiger partial charge in [0, 0.05) is 37.0 Å². The standard InChI is InChI=1S/C17H21N3O3/c1-2-22-12-14-11-20(7-8-23-14)17(21)16-6-4-3-5-15(16)13-9-18-19-10-13/h3-6,9-10,14H,2,7-8,11-12H2,1H3,(H,18,19). The average molecular weight is 315 g/mol. The van der Waals surface area contributed by atoms with Crippen molar-refractivity contribution >= 4 is 5.91 Å². The lowest BCUT2D eigenvalue weighted by Gasteiger charge is -2.33. The van der Waals surface area contributed by atoms with Gasteiger partial charge >= 0.3 is 0 Å². The molecular weight excluding hydrogens is 294 g/mol. The number of ether oxygens (including phenoxy) is 2. The maximum atomic E-state index is 12.9. The van der Waals surface area contributed by atoms with E-state index in [0.717, 1.165) is 11.1 Å². The van der Waals surface area contributed by atoms with Crippen LogP contribution in [-0.2, 0) is 9.47 Å². The molecule has 1 aliphatic heterocycles. The lowest BCUT2D eigenvalue weighted by Crippen LogP contribution is -2.47. The number of hydrogen-bond donors (Lipinski definition) is 1. The first kappa shape index (κ1) is 15.7. The molecule has 3 rings (SSSR count). The number of amides is 1. The molecular formula is C17H21N3O3. The number of nitrogens with one attached hydrogen (secondary N) is 1. The van der Waals surface area contributed by atoms with E-state index in [1.54, 1.807) is 12.4 Å². The van der Waals surface area contributed by atoms with Gasteiger partial charge in [0.25, 0.3) is 5.91 Å². The van der Waals surface area contributed by atoms with E-state index in [9.17, 15) is 4.79 Å². The molecule has 6 nitrogen and oxygen atoms in total. The van der Waals surface area contributed by atoms with E-state index < -0.39 is 0 Å². The van der Waals surface area contributed by atoms with Gasteiger partial charge in [-0.1, -0.05) is 18.2 Å². The molecule has 1 atom stereocenters. The topological polar surface area (TPSA) is 67.5 Å². The zero-order valence-electron chi connectivity index (χ0n) is 13.2. The number of morpholine rings is 1. The fraction of sp³-hybridized carbons (Fsp3) is 0.412. The largest absolute Gasteiger partial charge is 0.379 e. The Balaban J connectivity index is 1.78. The molecule has 1 aromatic carbocycles. The number of rotatable bonds is 5. The number of benzene rings is 1. The van der Waals surface area contributed by atoms with Gasteiger partial charge in [0.15, 0.2) is 0 Å². The molecule has 0 bridgehead atoms. The molecule has 1 aliphatic rings. The van der Waals surface area contributed by atoms with Crippen LogP contribution in [0.25, 0.3) is 11.1 Å². The Hall–Kier alpha value is -2.18. The lowest BCUT2D eigenvalue weighted by atomic mass is 10.0. The second-order valence-corrected chi connectivity index (χ2v) is 5.44. The lowest BCUT2D eigenvalue weighted by molar-refractivity contribution is -0.0597. The van der Waals surface area contributed by atoms with E-state index in [0.29, 0.717) is 38.5 Å². The molecule has 122 valence electrons. The molecule has 2 aromatic rings. The summed E-state index contributed by atoms with van der Waals surface area (Å²) >= 11 is 0. The minimum Gasteiger partial charge on any atom is -0.379 e. The van der Waals surface area contributed by atoms with Gasteiger partial charge in [-0.3, -0.25) is 9.89 Å². The van der Waals surface area contributed by atoms with E-state index in [-0.39, 0.29) is 12.0 Å². The van der Waals surface area contributed by atoms with E-state index >= 15 is 0 Å². The summed E-state index contributed by atoms with van der Waals surface area (Å²) in [6, 6.07) is 7.61. The van der Waals surface area contributed by atoms with Gasteiger partial charge in [-0.15, -0.1) is 0 Å². The maximum Gasteiger partial charge on any atom is 0.254 e. The highest BCUT2D eigenvalue weighted by Crippen LogP contribution is 2.24. The van der Waals surface area contributed by atoms with Crippen LogP contribution in [0.5, 0.6) is 0 Å². The molecule has 0 aliphatic carbocycles. The minimum atomic E-state index is -0.0614. The summed E-state index contributed by atoms with van der Waals surface area (Å²) in [7, 11) is 0. The van der Waals surface area contributed by atoms with Crippen molar-refractivity contribution in [1.82, 2.24) is 15.1 Å². The Kier molecular flexibility index (Phi) is 5.05. The zero-order valence-corrected chi connectivity index (χ0v) is 13.2. The fourth-order valence-corrected chi connectivity index (χ4v) is 2.74. The van der Waals surface area contributed by atoms with Crippen LogP contribution < -0.4 is 0 Å². The Morgan fingerprint density at radius 1 is 1.48 bits per heavy atom. The Morgan fingerprint density at radius 3 is 3.13 bits per heavy atom. The first-order valence-electron chi connectivity index (χ1n) is 7.86. The van der Waals surface area contributed by atoms with Crippen LogP contribution in [0.1, 0.15) is 17.3 Å². The number of H-pyrrole nitrogens is 1. The molecule has 1 N–H and O–H groups in total. The van der Waals surface area contributed by atoms with Gasteiger partial charge in [-0.25, -0.2) is 0 Å². The summed E-state index contributed by atoms with van der Waals surface area (Å²) in [6.07, 6.45) is 3.46. The third-order valence-electron chi connectivity index (χ3n) is 3.90. The molecule has 1 aromatic heterocycles. The number of aromatic amines is 1. The van der Waals surface area contributed by atoms with Gasteiger partial charge in [-0.05, 0) is 18.6 Å². The van der Waals surface area contributed by atoms with Crippen LogP contribution in [0.3, 0.4) is 0 Å². The Bertz CT molecular complexity index is 642. The number of carbonyl (C=O) groups excluding carboxylic acids is 1. The monoisotopic (exact) mass is 315 g/mol. The second-order valence-electron chi connectivity index (χ2n) is 5.44. The van der Waals surface area contributed by atoms with Crippen LogP contribution in [0.4, 0.5) is 0 Å². The first-order chi connectivity index (χ1) is 11.3. The maximum absolute atomic E-state index is 12.9. The summed E-state index contributed by atoms with van der Waals surface area (Å²) < 4.78 is 11.1. The molecule has 23 heavy (non-hydrogen) atoms.